The fourth-order valence-electron chi connectivity index (χ4n) is 1.62. The van der Waals surface area contributed by atoms with Crippen LogP contribution in [0.2, 0.25) is 0 Å². The molecule has 0 spiro atoms. The van der Waals surface area contributed by atoms with E-state index in [0.29, 0.717) is 18.0 Å². The van der Waals surface area contributed by atoms with E-state index in [1.54, 1.807) is 14.2 Å². The fraction of sp³-hybridized carbons (Fsp3) is 0.500. The molecule has 0 bridgehead atoms. The van der Waals surface area contributed by atoms with Crippen LogP contribution in [0.5, 0.6) is 11.5 Å². The standard InChI is InChI=1S/C12H19NO3/c1-13(2)8-10(14)9-6-5-7-11(15-3)12(9)16-4/h5-7,10,14H,8H2,1-4H3. The second-order valence-corrected chi connectivity index (χ2v) is 3.86. The molecule has 1 rings (SSSR count). The first kappa shape index (κ1) is 12.8. The van der Waals surface area contributed by atoms with Gasteiger partial charge in [-0.15, -0.1) is 0 Å². The maximum Gasteiger partial charge on any atom is 0.166 e. The maximum atomic E-state index is 10.0. The summed E-state index contributed by atoms with van der Waals surface area (Å²) >= 11 is 0. The minimum absolute atomic E-state index is 0.545. The first-order chi connectivity index (χ1) is 7.60. The van der Waals surface area contributed by atoms with Crippen molar-refractivity contribution in [3.05, 3.63) is 23.8 Å². The monoisotopic (exact) mass is 225 g/mol. The molecule has 0 saturated heterocycles. The predicted molar refractivity (Wildman–Crippen MR) is 63.1 cm³/mol. The molecular formula is C12H19NO3. The van der Waals surface area contributed by atoms with Gasteiger partial charge in [0, 0.05) is 12.1 Å². The lowest BCUT2D eigenvalue weighted by atomic mass is 10.1. The zero-order valence-electron chi connectivity index (χ0n) is 10.2. The van der Waals surface area contributed by atoms with Crippen molar-refractivity contribution in [2.45, 2.75) is 6.10 Å². The van der Waals surface area contributed by atoms with Crippen LogP contribution in [0.15, 0.2) is 18.2 Å². The summed E-state index contributed by atoms with van der Waals surface area (Å²) in [5.41, 5.74) is 0.746. The summed E-state index contributed by atoms with van der Waals surface area (Å²) < 4.78 is 10.4. The van der Waals surface area contributed by atoms with Gasteiger partial charge in [-0.25, -0.2) is 0 Å². The molecule has 0 amide bonds. The summed E-state index contributed by atoms with van der Waals surface area (Å²) in [6.45, 7) is 0.545. The van der Waals surface area contributed by atoms with E-state index in [0.717, 1.165) is 5.56 Å². The van der Waals surface area contributed by atoms with Crippen LogP contribution in [-0.2, 0) is 0 Å². The molecule has 0 saturated carbocycles. The lowest BCUT2D eigenvalue weighted by Crippen LogP contribution is -2.20. The number of para-hydroxylation sites is 1. The zero-order valence-corrected chi connectivity index (χ0v) is 10.2. The molecule has 0 radical (unpaired) electrons. The number of hydrogen-bond donors (Lipinski definition) is 1. The highest BCUT2D eigenvalue weighted by Gasteiger charge is 2.17. The Hall–Kier alpha value is -1.26. The summed E-state index contributed by atoms with van der Waals surface area (Å²) in [4.78, 5) is 1.92. The Kier molecular flexibility index (Phi) is 4.58. The van der Waals surface area contributed by atoms with E-state index in [4.69, 9.17) is 9.47 Å². The summed E-state index contributed by atoms with van der Waals surface area (Å²) in [6, 6.07) is 5.50. The Labute approximate surface area is 96.4 Å². The third-order valence-electron chi connectivity index (χ3n) is 2.33. The van der Waals surface area contributed by atoms with Crippen molar-refractivity contribution in [2.75, 3.05) is 34.9 Å². The van der Waals surface area contributed by atoms with Crippen molar-refractivity contribution in [1.29, 1.82) is 0 Å². The highest BCUT2D eigenvalue weighted by atomic mass is 16.5. The van der Waals surface area contributed by atoms with Crippen LogP contribution in [0.25, 0.3) is 0 Å². The van der Waals surface area contributed by atoms with E-state index in [1.807, 2.05) is 37.2 Å². The van der Waals surface area contributed by atoms with Gasteiger partial charge in [0.2, 0.25) is 0 Å². The van der Waals surface area contributed by atoms with Crippen molar-refractivity contribution in [2.24, 2.45) is 0 Å². The van der Waals surface area contributed by atoms with Crippen LogP contribution in [0, 0.1) is 0 Å². The van der Waals surface area contributed by atoms with Crippen LogP contribution < -0.4 is 9.47 Å². The summed E-state index contributed by atoms with van der Waals surface area (Å²) in [7, 11) is 6.98. The van der Waals surface area contributed by atoms with Crippen molar-refractivity contribution >= 4 is 0 Å². The number of aliphatic hydroxyl groups is 1. The quantitative estimate of drug-likeness (QED) is 0.820. The molecule has 0 fully saturated rings. The highest BCUT2D eigenvalue weighted by molar-refractivity contribution is 5.47. The van der Waals surface area contributed by atoms with Crippen LogP contribution >= 0.6 is 0 Å². The molecule has 1 aromatic carbocycles. The maximum absolute atomic E-state index is 10.0. The lowest BCUT2D eigenvalue weighted by molar-refractivity contribution is 0.134. The van der Waals surface area contributed by atoms with Gasteiger partial charge in [-0.3, -0.25) is 0 Å². The van der Waals surface area contributed by atoms with Gasteiger partial charge in [-0.1, -0.05) is 12.1 Å². The van der Waals surface area contributed by atoms with Gasteiger partial charge in [0.15, 0.2) is 11.5 Å². The second kappa shape index (κ2) is 5.72. The number of ether oxygens (including phenoxy) is 2. The van der Waals surface area contributed by atoms with Gasteiger partial charge in [-0.05, 0) is 20.2 Å². The van der Waals surface area contributed by atoms with E-state index in [1.165, 1.54) is 0 Å². The fourth-order valence-corrected chi connectivity index (χ4v) is 1.62. The summed E-state index contributed by atoms with van der Waals surface area (Å²) in [5, 5.41) is 10.0. The molecular weight excluding hydrogens is 206 g/mol. The predicted octanol–water partition coefficient (Wildman–Crippen LogP) is 1.30. The molecule has 0 heterocycles. The number of likely N-dealkylation sites (N-methyl/N-ethyl adjacent to an activating group) is 1. The van der Waals surface area contributed by atoms with Crippen molar-refractivity contribution in [3.8, 4) is 11.5 Å². The largest absolute Gasteiger partial charge is 0.493 e. The van der Waals surface area contributed by atoms with Gasteiger partial charge >= 0.3 is 0 Å². The lowest BCUT2D eigenvalue weighted by Gasteiger charge is -2.19. The molecule has 0 aliphatic heterocycles. The third kappa shape index (κ3) is 2.87. The van der Waals surface area contributed by atoms with E-state index >= 15 is 0 Å². The number of methoxy groups -OCH3 is 2. The van der Waals surface area contributed by atoms with E-state index in [9.17, 15) is 5.11 Å². The van der Waals surface area contributed by atoms with Crippen molar-refractivity contribution in [1.82, 2.24) is 4.90 Å². The molecule has 1 aromatic rings. The molecule has 4 nitrogen and oxygen atoms in total. The topological polar surface area (TPSA) is 41.9 Å². The van der Waals surface area contributed by atoms with Gasteiger partial charge in [-0.2, -0.15) is 0 Å². The normalized spacial score (nSPS) is 12.6. The van der Waals surface area contributed by atoms with Crippen LogP contribution in [0.4, 0.5) is 0 Å². The molecule has 0 aromatic heterocycles. The number of rotatable bonds is 5. The molecule has 0 aliphatic rings. The number of nitrogens with zero attached hydrogens (tertiary/aromatic N) is 1. The van der Waals surface area contributed by atoms with Gasteiger partial charge < -0.3 is 19.5 Å². The average Bonchev–Trinajstić information content (AvgIpc) is 2.26. The Morgan fingerprint density at radius 2 is 1.94 bits per heavy atom. The molecule has 4 heteroatoms. The smallest absolute Gasteiger partial charge is 0.166 e. The summed E-state index contributed by atoms with van der Waals surface area (Å²) in [6.07, 6.45) is -0.583. The van der Waals surface area contributed by atoms with Crippen molar-refractivity contribution < 1.29 is 14.6 Å². The molecule has 0 aliphatic carbocycles. The molecule has 1 N–H and O–H groups in total. The SMILES string of the molecule is COc1cccc(C(O)CN(C)C)c1OC. The van der Waals surface area contributed by atoms with Gasteiger partial charge in [0.25, 0.3) is 0 Å². The number of aliphatic hydroxyl groups excluding tert-OH is 1. The minimum atomic E-state index is -0.583. The average molecular weight is 225 g/mol. The Morgan fingerprint density at radius 1 is 1.25 bits per heavy atom. The second-order valence-electron chi connectivity index (χ2n) is 3.86. The number of hydrogen-bond acceptors (Lipinski definition) is 4. The first-order valence-electron chi connectivity index (χ1n) is 5.13. The van der Waals surface area contributed by atoms with Gasteiger partial charge in [0.05, 0.1) is 20.3 Å². The third-order valence-corrected chi connectivity index (χ3v) is 2.33. The van der Waals surface area contributed by atoms with E-state index in [-0.39, 0.29) is 0 Å². The highest BCUT2D eigenvalue weighted by Crippen LogP contribution is 2.34. The van der Waals surface area contributed by atoms with Crippen molar-refractivity contribution in [3.63, 3.8) is 0 Å². The van der Waals surface area contributed by atoms with Crippen LogP contribution in [-0.4, -0.2) is 44.9 Å². The number of benzene rings is 1. The van der Waals surface area contributed by atoms with Crippen LogP contribution in [0.3, 0.4) is 0 Å². The van der Waals surface area contributed by atoms with Crippen LogP contribution in [0.1, 0.15) is 11.7 Å². The molecule has 1 unspecified atom stereocenters. The van der Waals surface area contributed by atoms with Gasteiger partial charge in [0.1, 0.15) is 0 Å². The molecule has 1 atom stereocenters. The van der Waals surface area contributed by atoms with E-state index < -0.39 is 6.10 Å². The minimum Gasteiger partial charge on any atom is -0.493 e. The Balaban J connectivity index is 3.02. The zero-order chi connectivity index (χ0) is 12.1. The molecule has 90 valence electrons. The van der Waals surface area contributed by atoms with E-state index in [2.05, 4.69) is 0 Å². The summed E-state index contributed by atoms with van der Waals surface area (Å²) in [5.74, 6) is 1.23. The first-order valence-corrected chi connectivity index (χ1v) is 5.13. The molecule has 16 heavy (non-hydrogen) atoms. The Morgan fingerprint density at radius 3 is 2.44 bits per heavy atom. The Bertz CT molecular complexity index is 339.